The number of carbonyl (C=O) groups excluding carboxylic acids is 2. The van der Waals surface area contributed by atoms with E-state index in [-0.39, 0.29) is 24.1 Å². The monoisotopic (exact) mass is 340 g/mol. The molecule has 1 aromatic rings. The summed E-state index contributed by atoms with van der Waals surface area (Å²) in [6, 6.07) is 4.74. The van der Waals surface area contributed by atoms with Crippen LogP contribution < -0.4 is 5.32 Å². The standard InChI is InChI=1S/C17H19F3N2O2/c18-17(19,20)12-4-3-5-13(9-12)21-16(24)11-8-15(23)22(10-11)14-6-1-2-7-14/h3-5,9,11,14H,1-2,6-8,10H2,(H,21,24). The molecule has 1 saturated carbocycles. The van der Waals surface area contributed by atoms with Gasteiger partial charge in [0.05, 0.1) is 11.5 Å². The Morgan fingerprint density at radius 2 is 1.92 bits per heavy atom. The van der Waals surface area contributed by atoms with Crippen LogP contribution in [0.5, 0.6) is 0 Å². The molecule has 1 heterocycles. The first kappa shape index (κ1) is 16.8. The highest BCUT2D eigenvalue weighted by atomic mass is 19.4. The molecular weight excluding hydrogens is 321 g/mol. The quantitative estimate of drug-likeness (QED) is 0.916. The lowest BCUT2D eigenvalue weighted by molar-refractivity contribution is -0.137. The van der Waals surface area contributed by atoms with E-state index in [2.05, 4.69) is 5.32 Å². The highest BCUT2D eigenvalue weighted by Crippen LogP contribution is 2.32. The molecule has 2 aliphatic rings. The summed E-state index contributed by atoms with van der Waals surface area (Å²) < 4.78 is 38.2. The number of carbonyl (C=O) groups is 2. The SMILES string of the molecule is O=C(Nc1cccc(C(F)(F)F)c1)C1CC(=O)N(C2CCCC2)C1. The summed E-state index contributed by atoms with van der Waals surface area (Å²) in [5.74, 6) is -0.943. The lowest BCUT2D eigenvalue weighted by atomic mass is 10.1. The highest BCUT2D eigenvalue weighted by molar-refractivity contribution is 5.97. The van der Waals surface area contributed by atoms with E-state index in [1.165, 1.54) is 12.1 Å². The fraction of sp³-hybridized carbons (Fsp3) is 0.529. The Hall–Kier alpha value is -2.05. The molecule has 130 valence electrons. The highest BCUT2D eigenvalue weighted by Gasteiger charge is 2.38. The number of alkyl halides is 3. The number of amides is 2. The van der Waals surface area contributed by atoms with Gasteiger partial charge in [-0.15, -0.1) is 0 Å². The maximum absolute atomic E-state index is 12.7. The molecule has 1 atom stereocenters. The molecule has 1 N–H and O–H groups in total. The molecular formula is C17H19F3N2O2. The summed E-state index contributed by atoms with van der Waals surface area (Å²) in [6.45, 7) is 0.355. The van der Waals surface area contributed by atoms with Crippen LogP contribution in [0.2, 0.25) is 0 Å². The molecule has 1 saturated heterocycles. The fourth-order valence-corrected chi connectivity index (χ4v) is 3.49. The van der Waals surface area contributed by atoms with Gasteiger partial charge in [-0.05, 0) is 31.0 Å². The van der Waals surface area contributed by atoms with Gasteiger partial charge in [-0.2, -0.15) is 13.2 Å². The summed E-state index contributed by atoms with van der Waals surface area (Å²) in [5.41, 5.74) is -0.711. The Morgan fingerprint density at radius 3 is 2.58 bits per heavy atom. The summed E-state index contributed by atoms with van der Waals surface area (Å²) in [6.07, 6.45) is -0.211. The molecule has 24 heavy (non-hydrogen) atoms. The van der Waals surface area contributed by atoms with Gasteiger partial charge >= 0.3 is 6.18 Å². The molecule has 0 radical (unpaired) electrons. The normalized spacial score (nSPS) is 22.2. The molecule has 1 aromatic carbocycles. The molecule has 1 unspecified atom stereocenters. The molecule has 4 nitrogen and oxygen atoms in total. The van der Waals surface area contributed by atoms with Gasteiger partial charge in [0.1, 0.15) is 0 Å². The summed E-state index contributed by atoms with van der Waals surface area (Å²) in [7, 11) is 0. The fourth-order valence-electron chi connectivity index (χ4n) is 3.49. The van der Waals surface area contributed by atoms with E-state index in [4.69, 9.17) is 0 Å². The number of nitrogens with one attached hydrogen (secondary N) is 1. The molecule has 0 aromatic heterocycles. The largest absolute Gasteiger partial charge is 0.416 e. The minimum Gasteiger partial charge on any atom is -0.339 e. The second-order valence-electron chi connectivity index (χ2n) is 6.45. The van der Waals surface area contributed by atoms with E-state index in [1.54, 1.807) is 4.90 Å². The zero-order valence-electron chi connectivity index (χ0n) is 13.1. The Bertz CT molecular complexity index is 639. The molecule has 2 amide bonds. The predicted octanol–water partition coefficient (Wildman–Crippen LogP) is 3.44. The van der Waals surface area contributed by atoms with Crippen molar-refractivity contribution in [3.63, 3.8) is 0 Å². The molecule has 1 aliphatic heterocycles. The lowest BCUT2D eigenvalue weighted by Crippen LogP contribution is -2.35. The smallest absolute Gasteiger partial charge is 0.339 e. The van der Waals surface area contributed by atoms with E-state index < -0.39 is 23.6 Å². The van der Waals surface area contributed by atoms with Crippen molar-refractivity contribution in [2.75, 3.05) is 11.9 Å². The summed E-state index contributed by atoms with van der Waals surface area (Å²) in [4.78, 5) is 26.2. The minimum atomic E-state index is -4.46. The Balaban J connectivity index is 1.64. The predicted molar refractivity (Wildman–Crippen MR) is 82.1 cm³/mol. The van der Waals surface area contributed by atoms with Gasteiger partial charge in [0.15, 0.2) is 0 Å². The van der Waals surface area contributed by atoms with Gasteiger partial charge in [0.2, 0.25) is 11.8 Å². The van der Waals surface area contributed by atoms with Crippen molar-refractivity contribution >= 4 is 17.5 Å². The number of rotatable bonds is 3. The number of hydrogen-bond acceptors (Lipinski definition) is 2. The minimum absolute atomic E-state index is 0.0360. The topological polar surface area (TPSA) is 49.4 Å². The van der Waals surface area contributed by atoms with Gasteiger partial charge in [-0.25, -0.2) is 0 Å². The van der Waals surface area contributed by atoms with Crippen LogP contribution in [0.15, 0.2) is 24.3 Å². The van der Waals surface area contributed by atoms with E-state index in [0.29, 0.717) is 6.54 Å². The molecule has 1 aliphatic carbocycles. The Labute approximate surface area is 138 Å². The van der Waals surface area contributed by atoms with Crippen molar-refractivity contribution in [3.8, 4) is 0 Å². The average molecular weight is 340 g/mol. The molecule has 0 spiro atoms. The van der Waals surface area contributed by atoms with Crippen LogP contribution in [-0.4, -0.2) is 29.3 Å². The Morgan fingerprint density at radius 1 is 1.21 bits per heavy atom. The maximum Gasteiger partial charge on any atom is 0.416 e. The molecule has 0 bridgehead atoms. The van der Waals surface area contributed by atoms with E-state index in [0.717, 1.165) is 37.8 Å². The number of likely N-dealkylation sites (tertiary alicyclic amines) is 1. The number of halogens is 3. The number of benzene rings is 1. The maximum atomic E-state index is 12.7. The second kappa shape index (κ2) is 6.45. The number of hydrogen-bond donors (Lipinski definition) is 1. The van der Waals surface area contributed by atoms with Gasteiger partial charge in [0.25, 0.3) is 0 Å². The van der Waals surface area contributed by atoms with Crippen LogP contribution in [0.3, 0.4) is 0 Å². The molecule has 3 rings (SSSR count). The van der Waals surface area contributed by atoms with E-state index in [9.17, 15) is 22.8 Å². The van der Waals surface area contributed by atoms with Crippen molar-refractivity contribution in [2.24, 2.45) is 5.92 Å². The first-order valence-electron chi connectivity index (χ1n) is 8.12. The van der Waals surface area contributed by atoms with Crippen LogP contribution in [0.4, 0.5) is 18.9 Å². The van der Waals surface area contributed by atoms with Crippen LogP contribution >= 0.6 is 0 Å². The van der Waals surface area contributed by atoms with Gasteiger partial charge in [-0.3, -0.25) is 9.59 Å². The van der Waals surface area contributed by atoms with Gasteiger partial charge in [-0.1, -0.05) is 18.9 Å². The van der Waals surface area contributed by atoms with Crippen LogP contribution in [0.1, 0.15) is 37.7 Å². The third kappa shape index (κ3) is 3.55. The van der Waals surface area contributed by atoms with Crippen molar-refractivity contribution in [1.29, 1.82) is 0 Å². The zero-order valence-corrected chi connectivity index (χ0v) is 13.1. The van der Waals surface area contributed by atoms with Crippen molar-refractivity contribution < 1.29 is 22.8 Å². The Kier molecular flexibility index (Phi) is 4.51. The van der Waals surface area contributed by atoms with Gasteiger partial charge < -0.3 is 10.2 Å². The molecule has 7 heteroatoms. The van der Waals surface area contributed by atoms with Crippen LogP contribution in [0, 0.1) is 5.92 Å². The van der Waals surface area contributed by atoms with Crippen LogP contribution in [-0.2, 0) is 15.8 Å². The average Bonchev–Trinajstić information content (AvgIpc) is 3.15. The van der Waals surface area contributed by atoms with Gasteiger partial charge in [0, 0.05) is 24.7 Å². The van der Waals surface area contributed by atoms with Crippen molar-refractivity contribution in [3.05, 3.63) is 29.8 Å². The number of nitrogens with zero attached hydrogens (tertiary/aromatic N) is 1. The number of anilines is 1. The first-order valence-corrected chi connectivity index (χ1v) is 8.12. The third-order valence-electron chi connectivity index (χ3n) is 4.75. The van der Waals surface area contributed by atoms with Crippen molar-refractivity contribution in [1.82, 2.24) is 4.90 Å². The summed E-state index contributed by atoms with van der Waals surface area (Å²) in [5, 5.41) is 2.51. The van der Waals surface area contributed by atoms with Crippen molar-refractivity contribution in [2.45, 2.75) is 44.3 Å². The third-order valence-corrected chi connectivity index (χ3v) is 4.75. The second-order valence-corrected chi connectivity index (χ2v) is 6.45. The molecule has 2 fully saturated rings. The lowest BCUT2D eigenvalue weighted by Gasteiger charge is -2.23. The van der Waals surface area contributed by atoms with E-state index in [1.807, 2.05) is 0 Å². The first-order chi connectivity index (χ1) is 11.3. The van der Waals surface area contributed by atoms with Crippen LogP contribution in [0.25, 0.3) is 0 Å². The zero-order chi connectivity index (χ0) is 17.3. The van der Waals surface area contributed by atoms with E-state index >= 15 is 0 Å². The summed E-state index contributed by atoms with van der Waals surface area (Å²) >= 11 is 0.